The number of para-hydroxylation sites is 1. The van der Waals surface area contributed by atoms with E-state index in [2.05, 4.69) is 48.5 Å². The van der Waals surface area contributed by atoms with Gasteiger partial charge in [-0.1, -0.05) is 127 Å². The second-order valence-electron chi connectivity index (χ2n) is 17.1. The molecule has 1 N–H and O–H groups in total. The van der Waals surface area contributed by atoms with Crippen LogP contribution in [0.5, 0.6) is 5.75 Å². The van der Waals surface area contributed by atoms with Crippen LogP contribution in [0.3, 0.4) is 0 Å². The monoisotopic (exact) mass is 825 g/mol. The number of ether oxygens (including phenoxy) is 2. The van der Waals surface area contributed by atoms with E-state index in [0.29, 0.717) is 30.8 Å². The topological polar surface area (TPSA) is 110 Å². The lowest BCUT2D eigenvalue weighted by molar-refractivity contribution is -0.146. The highest BCUT2D eigenvalue weighted by molar-refractivity contribution is 6.91. The molecule has 3 aliphatic heterocycles. The third kappa shape index (κ3) is 6.21. The van der Waals surface area contributed by atoms with E-state index >= 15 is 4.79 Å². The first-order chi connectivity index (χ1) is 29.6. The molecule has 11 heteroatoms. The number of anilines is 3. The summed E-state index contributed by atoms with van der Waals surface area (Å²) < 4.78 is 14.7. The minimum Gasteiger partial charge on any atom is -0.497 e. The maximum atomic E-state index is 15.4. The fourth-order valence-electron chi connectivity index (χ4n) is 10.4. The Kier molecular flexibility index (Phi) is 9.50. The van der Waals surface area contributed by atoms with Crippen molar-refractivity contribution in [2.75, 3.05) is 16.9 Å². The van der Waals surface area contributed by atoms with Crippen molar-refractivity contribution in [1.82, 2.24) is 15.0 Å². The molecule has 7 aromatic rings. The molecule has 1 spiro atoms. The van der Waals surface area contributed by atoms with Crippen molar-refractivity contribution < 1.29 is 24.2 Å². The maximum absolute atomic E-state index is 15.4. The molecule has 10 rings (SSSR count). The van der Waals surface area contributed by atoms with E-state index in [1.54, 1.807) is 22.9 Å². The number of carbonyl (C=O) groups is 2. The molecule has 3 aliphatic rings. The maximum Gasteiger partial charge on any atom is 0.264 e. The van der Waals surface area contributed by atoms with E-state index in [9.17, 15) is 9.90 Å². The third-order valence-electron chi connectivity index (χ3n) is 13.4. The molecule has 0 saturated carbocycles. The van der Waals surface area contributed by atoms with Gasteiger partial charge in [0, 0.05) is 29.1 Å². The van der Waals surface area contributed by atoms with Crippen LogP contribution in [-0.2, 0) is 28.2 Å². The van der Waals surface area contributed by atoms with Gasteiger partial charge in [0.15, 0.2) is 5.60 Å². The number of carbonyl (C=O) groups excluding carboxylic acids is 2. The zero-order chi connectivity index (χ0) is 42.0. The fraction of sp³-hybridized carbons (Fsp3) is 0.240. The molecule has 1 fully saturated rings. The number of methoxy groups -OCH3 is 1. The van der Waals surface area contributed by atoms with Crippen LogP contribution in [-0.4, -0.2) is 53.2 Å². The second-order valence-corrected chi connectivity index (χ2v) is 21.7. The van der Waals surface area contributed by atoms with E-state index in [0.717, 1.165) is 50.3 Å². The van der Waals surface area contributed by atoms with Gasteiger partial charge in [-0.25, -0.2) is 0 Å². The number of aromatic nitrogens is 3. The molecule has 2 amide bonds. The van der Waals surface area contributed by atoms with Gasteiger partial charge in [0.25, 0.3) is 11.8 Å². The average Bonchev–Trinajstić information content (AvgIpc) is 4.03. The molecule has 6 aromatic carbocycles. The Bertz CT molecular complexity index is 2790. The Morgan fingerprint density at radius 1 is 0.836 bits per heavy atom. The van der Waals surface area contributed by atoms with E-state index in [1.807, 2.05) is 126 Å². The molecule has 0 aliphatic carbocycles. The van der Waals surface area contributed by atoms with Gasteiger partial charge in [0.05, 0.1) is 51.0 Å². The molecule has 1 saturated heterocycles. The van der Waals surface area contributed by atoms with Gasteiger partial charge >= 0.3 is 0 Å². The predicted molar refractivity (Wildman–Crippen MR) is 239 cm³/mol. The molecule has 0 unspecified atom stereocenters. The van der Waals surface area contributed by atoms with E-state index in [1.165, 1.54) is 5.19 Å². The summed E-state index contributed by atoms with van der Waals surface area (Å²) in [7, 11) is -0.702. The number of fused-ring (bicyclic) bond motifs is 2. The first-order valence-electron chi connectivity index (χ1n) is 20.9. The quantitative estimate of drug-likeness (QED) is 0.130. The van der Waals surface area contributed by atoms with Crippen LogP contribution in [0.25, 0.3) is 10.8 Å². The molecule has 5 atom stereocenters. The Hall–Kier alpha value is -6.40. The highest BCUT2D eigenvalue weighted by atomic mass is 28.3. The minimum atomic E-state index is -2.38. The number of aliphatic hydroxyl groups excluding tert-OH is 1. The van der Waals surface area contributed by atoms with Gasteiger partial charge in [-0.3, -0.25) is 19.2 Å². The van der Waals surface area contributed by atoms with Gasteiger partial charge in [-0.2, -0.15) is 0 Å². The largest absolute Gasteiger partial charge is 0.497 e. The molecular formula is C50H47N5O5Si. The lowest BCUT2D eigenvalue weighted by Crippen LogP contribution is -2.51. The van der Waals surface area contributed by atoms with Crippen molar-refractivity contribution in [2.45, 2.75) is 62.9 Å². The highest BCUT2D eigenvalue weighted by Gasteiger charge is 2.66. The summed E-state index contributed by atoms with van der Waals surface area (Å²) in [6, 6.07) is 45.7. The van der Waals surface area contributed by atoms with E-state index in [4.69, 9.17) is 9.47 Å². The standard InChI is InChI=1S/C50H47N5O5Si/c1-32-47(61(3,4)38-26-24-37(59-2)25-27-38)44(28-29-53-31-41(51-52-53)46(56)35-12-6-5-7-13-35)60-50(32)40-17-8-9-18-42(40)54(49(50)58)30-33-20-22-36(23-21-33)55-43-19-11-15-34-14-10-16-39(45(34)43)48(55)57/h5-27,31-32,44,46-47,56H,28-30H2,1-4H3/t32-,44+,46+,47-,50+/m0/s1. The molecule has 10 nitrogen and oxygen atoms in total. The molecule has 1 aromatic heterocycles. The molecule has 0 radical (unpaired) electrons. The number of aliphatic hydroxyl groups is 1. The van der Waals surface area contributed by atoms with Gasteiger partial charge < -0.3 is 19.5 Å². The zero-order valence-electron chi connectivity index (χ0n) is 34.6. The van der Waals surface area contributed by atoms with Crippen LogP contribution >= 0.6 is 0 Å². The first kappa shape index (κ1) is 38.8. The number of amides is 2. The summed E-state index contributed by atoms with van der Waals surface area (Å²) >= 11 is 0. The molecule has 0 bridgehead atoms. The summed E-state index contributed by atoms with van der Waals surface area (Å²) in [6.07, 6.45) is 1.22. The van der Waals surface area contributed by atoms with Gasteiger partial charge in [-0.15, -0.1) is 5.10 Å². The van der Waals surface area contributed by atoms with Crippen LogP contribution < -0.4 is 19.7 Å². The van der Waals surface area contributed by atoms with Crippen molar-refractivity contribution in [3.8, 4) is 5.75 Å². The Morgan fingerprint density at radius 3 is 2.30 bits per heavy atom. The normalized spacial score (nSPS) is 21.2. The van der Waals surface area contributed by atoms with Crippen LogP contribution in [0.2, 0.25) is 18.6 Å². The number of aryl methyl sites for hydroxylation is 1. The van der Waals surface area contributed by atoms with Crippen LogP contribution in [0.1, 0.15) is 52.2 Å². The lowest BCUT2D eigenvalue weighted by Gasteiger charge is -2.37. The number of rotatable bonds is 11. The summed E-state index contributed by atoms with van der Waals surface area (Å²) in [5.74, 6) is 0.522. The summed E-state index contributed by atoms with van der Waals surface area (Å²) in [5.41, 5.74) is 5.11. The van der Waals surface area contributed by atoms with Crippen molar-refractivity contribution in [1.29, 1.82) is 0 Å². The highest BCUT2D eigenvalue weighted by Crippen LogP contribution is 2.60. The number of nitrogens with zero attached hydrogens (tertiary/aromatic N) is 5. The first-order valence-corrected chi connectivity index (χ1v) is 24.0. The molecule has 4 heterocycles. The minimum absolute atomic E-state index is 0.0432. The SMILES string of the molecule is COc1ccc([Si](C)(C)[C@@H]2[C@@H](CCn3cc([C@H](O)c4ccccc4)nn3)O[C@]3(C(=O)N(Cc4ccc(N5C(=O)c6cccc7cccc5c67)cc4)c4ccccc43)[C@H]2C)cc1. The Labute approximate surface area is 356 Å². The molecular weight excluding hydrogens is 779 g/mol. The van der Waals surface area contributed by atoms with Crippen LogP contribution in [0.4, 0.5) is 17.1 Å². The van der Waals surface area contributed by atoms with E-state index < -0.39 is 19.8 Å². The Balaban J connectivity index is 0.958. The van der Waals surface area contributed by atoms with Gasteiger partial charge in [0.2, 0.25) is 0 Å². The van der Waals surface area contributed by atoms with Crippen molar-refractivity contribution in [2.24, 2.45) is 5.92 Å². The number of benzene rings is 6. The third-order valence-corrected chi connectivity index (χ3v) is 17.8. The molecule has 306 valence electrons. The molecule has 61 heavy (non-hydrogen) atoms. The lowest BCUT2D eigenvalue weighted by atomic mass is 9.82. The second kappa shape index (κ2) is 14.9. The average molecular weight is 826 g/mol. The zero-order valence-corrected chi connectivity index (χ0v) is 35.6. The van der Waals surface area contributed by atoms with Gasteiger partial charge in [0.1, 0.15) is 17.5 Å². The smallest absolute Gasteiger partial charge is 0.264 e. The van der Waals surface area contributed by atoms with Crippen molar-refractivity contribution in [3.05, 3.63) is 174 Å². The van der Waals surface area contributed by atoms with E-state index in [-0.39, 0.29) is 29.4 Å². The fourth-order valence-corrected chi connectivity index (χ4v) is 14.5. The summed E-state index contributed by atoms with van der Waals surface area (Å²) in [4.78, 5) is 32.7. The summed E-state index contributed by atoms with van der Waals surface area (Å²) in [5, 5.41) is 23.1. The Morgan fingerprint density at radius 2 is 1.54 bits per heavy atom. The van der Waals surface area contributed by atoms with Crippen LogP contribution in [0.15, 0.2) is 146 Å². The predicted octanol–water partition coefficient (Wildman–Crippen LogP) is 8.67. The van der Waals surface area contributed by atoms with Crippen LogP contribution in [0, 0.1) is 5.92 Å². The van der Waals surface area contributed by atoms with Gasteiger partial charge in [-0.05, 0) is 70.9 Å². The number of hydrogen-bond donors (Lipinski definition) is 1. The number of hydrogen-bond acceptors (Lipinski definition) is 7. The summed E-state index contributed by atoms with van der Waals surface area (Å²) in [6.45, 7) is 7.80. The van der Waals surface area contributed by atoms with Crippen molar-refractivity contribution >= 4 is 52.9 Å². The van der Waals surface area contributed by atoms with Crippen molar-refractivity contribution in [3.63, 3.8) is 0 Å².